The standard InChI is InChI=1S/C25H24BrClO3/c1-2-13-7-9-17(30-20-10-8-16(26)11-19(20)27)12-18(13)23-24(28)21-14-3-4-15(6-5-14)22(21)25(23)29/h7-12,14-15,21-22,28H,2-6H2,1H3/t14-,15+,21?,22?. The summed E-state index contributed by atoms with van der Waals surface area (Å²) in [6.07, 6.45) is 5.26. The largest absolute Gasteiger partial charge is 0.511 e. The highest BCUT2D eigenvalue weighted by atomic mass is 79.9. The summed E-state index contributed by atoms with van der Waals surface area (Å²) in [7, 11) is 0. The molecule has 2 bridgehead atoms. The molecule has 156 valence electrons. The molecule has 0 saturated heterocycles. The summed E-state index contributed by atoms with van der Waals surface area (Å²) < 4.78 is 6.92. The van der Waals surface area contributed by atoms with Crippen molar-refractivity contribution in [1.29, 1.82) is 0 Å². The Labute approximate surface area is 190 Å². The Balaban J connectivity index is 1.55. The fourth-order valence-electron chi connectivity index (χ4n) is 5.80. The first kappa shape index (κ1) is 20.1. The van der Waals surface area contributed by atoms with Gasteiger partial charge < -0.3 is 9.84 Å². The van der Waals surface area contributed by atoms with Crippen molar-refractivity contribution in [3.05, 3.63) is 62.8 Å². The molecule has 1 N–H and O–H groups in total. The van der Waals surface area contributed by atoms with Gasteiger partial charge in [-0.2, -0.15) is 0 Å². The number of halogens is 2. The normalized spacial score (nSPS) is 27.5. The molecule has 0 aromatic heterocycles. The second-order valence-electron chi connectivity index (χ2n) is 8.70. The predicted molar refractivity (Wildman–Crippen MR) is 122 cm³/mol. The van der Waals surface area contributed by atoms with Crippen LogP contribution in [0, 0.1) is 23.7 Å². The average Bonchev–Trinajstić information content (AvgIpc) is 3.03. The van der Waals surface area contributed by atoms with Gasteiger partial charge in [-0.3, -0.25) is 4.79 Å². The van der Waals surface area contributed by atoms with Crippen molar-refractivity contribution in [1.82, 2.24) is 0 Å². The van der Waals surface area contributed by atoms with Gasteiger partial charge in [-0.05, 0) is 85.4 Å². The molecule has 3 saturated carbocycles. The van der Waals surface area contributed by atoms with E-state index < -0.39 is 0 Å². The van der Waals surface area contributed by atoms with Crippen LogP contribution in [0.5, 0.6) is 11.5 Å². The summed E-state index contributed by atoms with van der Waals surface area (Å²) in [5.41, 5.74) is 2.37. The van der Waals surface area contributed by atoms with Gasteiger partial charge in [0.05, 0.1) is 10.6 Å². The highest BCUT2D eigenvalue weighted by Gasteiger charge is 2.54. The van der Waals surface area contributed by atoms with Crippen LogP contribution >= 0.6 is 27.5 Å². The Bertz CT molecular complexity index is 1050. The van der Waals surface area contributed by atoms with Crippen LogP contribution in [-0.4, -0.2) is 10.9 Å². The molecule has 2 unspecified atom stereocenters. The number of benzene rings is 2. The number of aliphatic hydroxyl groups is 1. The third kappa shape index (κ3) is 3.20. The smallest absolute Gasteiger partial charge is 0.170 e. The number of aryl methyl sites for hydroxylation is 1. The third-order valence-corrected chi connectivity index (χ3v) is 7.98. The van der Waals surface area contributed by atoms with Crippen molar-refractivity contribution in [2.75, 3.05) is 0 Å². The molecule has 0 radical (unpaired) electrons. The number of fused-ring (bicyclic) bond motifs is 2. The number of aliphatic hydroxyl groups excluding tert-OH is 1. The lowest BCUT2D eigenvalue weighted by Crippen LogP contribution is -2.41. The Kier molecular flexibility index (Phi) is 5.19. The lowest BCUT2D eigenvalue weighted by molar-refractivity contribution is -0.123. The predicted octanol–water partition coefficient (Wildman–Crippen LogP) is 7.36. The maximum absolute atomic E-state index is 13.5. The molecule has 4 aliphatic carbocycles. The molecule has 3 fully saturated rings. The van der Waals surface area contributed by atoms with E-state index in [0.717, 1.165) is 47.7 Å². The summed E-state index contributed by atoms with van der Waals surface area (Å²) in [6, 6.07) is 11.2. The second-order valence-corrected chi connectivity index (χ2v) is 10.0. The van der Waals surface area contributed by atoms with Gasteiger partial charge in [0.2, 0.25) is 0 Å². The number of ether oxygens (including phenoxy) is 1. The van der Waals surface area contributed by atoms with E-state index in [1.165, 1.54) is 0 Å². The fourth-order valence-corrected chi connectivity index (χ4v) is 6.51. The topological polar surface area (TPSA) is 46.5 Å². The second kappa shape index (κ2) is 7.72. The molecule has 0 amide bonds. The van der Waals surface area contributed by atoms with E-state index >= 15 is 0 Å². The van der Waals surface area contributed by atoms with Gasteiger partial charge >= 0.3 is 0 Å². The van der Waals surface area contributed by atoms with Crippen LogP contribution in [0.25, 0.3) is 5.57 Å². The van der Waals surface area contributed by atoms with E-state index in [2.05, 4.69) is 22.9 Å². The van der Waals surface area contributed by atoms with Gasteiger partial charge in [0.15, 0.2) is 5.78 Å². The number of allylic oxidation sites excluding steroid dienone is 2. The average molecular weight is 488 g/mol. The first-order chi connectivity index (χ1) is 14.5. The molecule has 0 spiro atoms. The maximum Gasteiger partial charge on any atom is 0.170 e. The highest BCUT2D eigenvalue weighted by Crippen LogP contribution is 2.57. The molecule has 0 aliphatic heterocycles. The van der Waals surface area contributed by atoms with Crippen molar-refractivity contribution in [3.8, 4) is 11.5 Å². The van der Waals surface area contributed by atoms with E-state index in [0.29, 0.717) is 39.7 Å². The maximum atomic E-state index is 13.5. The van der Waals surface area contributed by atoms with Crippen LogP contribution < -0.4 is 4.74 Å². The SMILES string of the molecule is CCc1ccc(Oc2ccc(Br)cc2Cl)cc1C1=C(O)C2C(C1=O)[C@H]1CC[C@@H]2CC1. The van der Waals surface area contributed by atoms with Crippen molar-refractivity contribution >= 4 is 38.9 Å². The van der Waals surface area contributed by atoms with E-state index in [1.54, 1.807) is 6.07 Å². The molecule has 5 heteroatoms. The number of rotatable bonds is 4. The van der Waals surface area contributed by atoms with Gasteiger partial charge in [0, 0.05) is 16.3 Å². The van der Waals surface area contributed by atoms with Crippen LogP contribution in [0.15, 0.2) is 46.6 Å². The molecule has 2 aromatic carbocycles. The van der Waals surface area contributed by atoms with E-state index in [4.69, 9.17) is 16.3 Å². The van der Waals surface area contributed by atoms with Crippen molar-refractivity contribution < 1.29 is 14.6 Å². The number of hydrogen-bond acceptors (Lipinski definition) is 3. The van der Waals surface area contributed by atoms with Crippen molar-refractivity contribution in [2.45, 2.75) is 39.0 Å². The Hall–Kier alpha value is -1.78. The third-order valence-electron chi connectivity index (χ3n) is 7.19. The summed E-state index contributed by atoms with van der Waals surface area (Å²) in [5.74, 6) is 2.42. The molecule has 6 rings (SSSR count). The Morgan fingerprint density at radius 2 is 1.77 bits per heavy atom. The lowest BCUT2D eigenvalue weighted by Gasteiger charge is -2.44. The number of hydrogen-bond donors (Lipinski definition) is 1. The minimum atomic E-state index is -0.0392. The molecule has 30 heavy (non-hydrogen) atoms. The first-order valence-electron chi connectivity index (χ1n) is 10.7. The summed E-state index contributed by atoms with van der Waals surface area (Å²) >= 11 is 9.72. The molecule has 2 aromatic rings. The monoisotopic (exact) mass is 486 g/mol. The Morgan fingerprint density at radius 1 is 1.07 bits per heavy atom. The van der Waals surface area contributed by atoms with Crippen LogP contribution in [0.3, 0.4) is 0 Å². The zero-order valence-electron chi connectivity index (χ0n) is 16.8. The minimum Gasteiger partial charge on any atom is -0.511 e. The van der Waals surface area contributed by atoms with Gasteiger partial charge in [0.25, 0.3) is 0 Å². The number of Topliss-reactive ketones (excluding diaryl/α,β-unsaturated/α-hetero) is 1. The van der Waals surface area contributed by atoms with Crippen LogP contribution in [-0.2, 0) is 11.2 Å². The van der Waals surface area contributed by atoms with Crippen LogP contribution in [0.4, 0.5) is 0 Å². The molecular formula is C25H24BrClO3. The van der Waals surface area contributed by atoms with Crippen LogP contribution in [0.1, 0.15) is 43.7 Å². The van der Waals surface area contributed by atoms with Crippen LogP contribution in [0.2, 0.25) is 5.02 Å². The van der Waals surface area contributed by atoms with E-state index in [9.17, 15) is 9.90 Å². The van der Waals surface area contributed by atoms with Gasteiger partial charge in [0.1, 0.15) is 17.3 Å². The number of carbonyl (C=O) groups is 1. The molecule has 0 heterocycles. The van der Waals surface area contributed by atoms with Gasteiger partial charge in [-0.25, -0.2) is 0 Å². The molecule has 4 aliphatic rings. The summed E-state index contributed by atoms with van der Waals surface area (Å²) in [4.78, 5) is 13.5. The number of carbonyl (C=O) groups excluding carboxylic acids is 1. The summed E-state index contributed by atoms with van der Waals surface area (Å²) in [5, 5.41) is 11.7. The lowest BCUT2D eigenvalue weighted by atomic mass is 9.59. The zero-order chi connectivity index (χ0) is 21.0. The molecule has 2 atom stereocenters. The fraction of sp³-hybridized carbons (Fsp3) is 0.400. The van der Waals surface area contributed by atoms with E-state index in [1.807, 2.05) is 30.3 Å². The summed E-state index contributed by atoms with van der Waals surface area (Å²) in [6.45, 7) is 2.07. The van der Waals surface area contributed by atoms with Crippen molar-refractivity contribution in [3.63, 3.8) is 0 Å². The zero-order valence-corrected chi connectivity index (χ0v) is 19.2. The minimum absolute atomic E-state index is 0.00944. The van der Waals surface area contributed by atoms with E-state index in [-0.39, 0.29) is 17.6 Å². The Morgan fingerprint density at radius 3 is 2.40 bits per heavy atom. The van der Waals surface area contributed by atoms with Gasteiger partial charge in [-0.1, -0.05) is 40.5 Å². The molecule has 3 nitrogen and oxygen atoms in total. The quantitative estimate of drug-likeness (QED) is 0.490. The first-order valence-corrected chi connectivity index (χ1v) is 11.9. The number of ketones is 1. The van der Waals surface area contributed by atoms with Gasteiger partial charge in [-0.15, -0.1) is 0 Å². The van der Waals surface area contributed by atoms with Crippen molar-refractivity contribution in [2.24, 2.45) is 23.7 Å². The highest BCUT2D eigenvalue weighted by molar-refractivity contribution is 9.10. The molecular weight excluding hydrogens is 464 g/mol.